The number of hydrogen-bond acceptors (Lipinski definition) is 3. The van der Waals surface area contributed by atoms with Gasteiger partial charge in [-0.15, -0.1) is 0 Å². The van der Waals surface area contributed by atoms with Crippen LogP contribution in [0.5, 0.6) is 0 Å². The monoisotopic (exact) mass is 323 g/mol. The van der Waals surface area contributed by atoms with Gasteiger partial charge in [-0.05, 0) is 38.2 Å². The average Bonchev–Trinajstić information content (AvgIpc) is 2.49. The summed E-state index contributed by atoms with van der Waals surface area (Å²) in [7, 11) is 0. The van der Waals surface area contributed by atoms with E-state index in [2.05, 4.69) is 5.32 Å². The first-order chi connectivity index (χ1) is 9.97. The van der Waals surface area contributed by atoms with Crippen molar-refractivity contribution in [1.82, 2.24) is 4.90 Å². The number of benzene rings is 1. The number of piperidine rings is 1. The van der Waals surface area contributed by atoms with Crippen LogP contribution in [0.2, 0.25) is 0 Å². The smallest absolute Gasteiger partial charge is 0.321 e. The average molecular weight is 323 g/mol. The summed E-state index contributed by atoms with van der Waals surface area (Å²) in [6.07, 6.45) is 3.65. The maximum Gasteiger partial charge on any atom is 0.321 e. The molecule has 4 nitrogen and oxygen atoms in total. The molecule has 114 valence electrons. The summed E-state index contributed by atoms with van der Waals surface area (Å²) in [6.45, 7) is 3.37. The summed E-state index contributed by atoms with van der Waals surface area (Å²) in [5.41, 5.74) is 7.86. The number of thiocarbonyl (C=S) groups is 1. The number of carbonyl (C=O) groups is 1. The van der Waals surface area contributed by atoms with E-state index in [0.29, 0.717) is 18.1 Å². The molecule has 1 saturated heterocycles. The largest absolute Gasteiger partial charge is 0.392 e. The highest BCUT2D eigenvalue weighted by atomic mass is 32.2. The van der Waals surface area contributed by atoms with E-state index in [9.17, 15) is 4.79 Å². The standard InChI is InChI=1S/C15H21N3OS2/c1-11-3-5-12(6-4-11)17-14(19)18-9-7-15(21-2,8-10-18)13(16)20/h3-6H,7-10H2,1-2H3,(H2,16,20)(H,17,19). The fraction of sp³-hybridized carbons (Fsp3) is 0.467. The van der Waals surface area contributed by atoms with Crippen LogP contribution in [0.4, 0.5) is 10.5 Å². The number of amides is 2. The Balaban J connectivity index is 1.94. The maximum atomic E-state index is 12.3. The van der Waals surface area contributed by atoms with Crippen molar-refractivity contribution in [1.29, 1.82) is 0 Å². The maximum absolute atomic E-state index is 12.3. The Morgan fingerprint density at radius 2 is 1.90 bits per heavy atom. The van der Waals surface area contributed by atoms with Crippen molar-refractivity contribution in [3.63, 3.8) is 0 Å². The Morgan fingerprint density at radius 3 is 2.38 bits per heavy atom. The van der Waals surface area contributed by atoms with Crippen molar-refractivity contribution in [3.05, 3.63) is 29.8 Å². The van der Waals surface area contributed by atoms with Gasteiger partial charge in [0.15, 0.2) is 0 Å². The number of rotatable bonds is 3. The molecule has 2 rings (SSSR count). The van der Waals surface area contributed by atoms with Crippen LogP contribution < -0.4 is 11.1 Å². The van der Waals surface area contributed by atoms with Crippen LogP contribution in [0.15, 0.2) is 24.3 Å². The molecule has 0 aromatic heterocycles. The molecule has 0 atom stereocenters. The second kappa shape index (κ2) is 6.66. The second-order valence-electron chi connectivity index (χ2n) is 5.35. The fourth-order valence-electron chi connectivity index (χ4n) is 2.46. The first-order valence-corrected chi connectivity index (χ1v) is 8.58. The van der Waals surface area contributed by atoms with Crippen LogP contribution in [-0.4, -0.2) is 40.0 Å². The molecule has 1 aromatic carbocycles. The Bertz CT molecular complexity index is 522. The molecule has 1 fully saturated rings. The summed E-state index contributed by atoms with van der Waals surface area (Å²) in [5, 5.41) is 2.93. The lowest BCUT2D eigenvalue weighted by molar-refractivity contribution is 0.197. The lowest BCUT2D eigenvalue weighted by atomic mass is 9.96. The topological polar surface area (TPSA) is 58.4 Å². The van der Waals surface area contributed by atoms with Crippen molar-refractivity contribution in [2.45, 2.75) is 24.5 Å². The number of anilines is 1. The van der Waals surface area contributed by atoms with Gasteiger partial charge < -0.3 is 16.0 Å². The summed E-state index contributed by atoms with van der Waals surface area (Å²) < 4.78 is -0.157. The van der Waals surface area contributed by atoms with Gasteiger partial charge >= 0.3 is 6.03 Å². The van der Waals surface area contributed by atoms with Gasteiger partial charge in [-0.3, -0.25) is 0 Å². The minimum Gasteiger partial charge on any atom is -0.392 e. The quantitative estimate of drug-likeness (QED) is 0.840. The molecule has 21 heavy (non-hydrogen) atoms. The van der Waals surface area contributed by atoms with Crippen molar-refractivity contribution in [2.75, 3.05) is 24.7 Å². The molecule has 0 spiro atoms. The van der Waals surface area contributed by atoms with E-state index < -0.39 is 0 Å². The van der Waals surface area contributed by atoms with Gasteiger partial charge in [0.05, 0.1) is 9.74 Å². The summed E-state index contributed by atoms with van der Waals surface area (Å²) in [6, 6.07) is 7.74. The predicted molar refractivity (Wildman–Crippen MR) is 94.0 cm³/mol. The third-order valence-corrected chi connectivity index (χ3v) is 5.93. The van der Waals surface area contributed by atoms with Gasteiger partial charge in [-0.25, -0.2) is 4.79 Å². The molecular formula is C15H21N3OS2. The number of nitrogens with zero attached hydrogens (tertiary/aromatic N) is 1. The third-order valence-electron chi connectivity index (χ3n) is 4.00. The molecule has 0 radical (unpaired) electrons. The molecule has 3 N–H and O–H groups in total. The molecule has 1 aliphatic rings. The zero-order valence-corrected chi connectivity index (χ0v) is 14.0. The molecule has 1 aliphatic heterocycles. The zero-order valence-electron chi connectivity index (χ0n) is 12.4. The molecule has 0 bridgehead atoms. The molecule has 2 amide bonds. The minimum atomic E-state index is -0.157. The van der Waals surface area contributed by atoms with Crippen LogP contribution in [-0.2, 0) is 0 Å². The minimum absolute atomic E-state index is 0.0588. The van der Waals surface area contributed by atoms with Gasteiger partial charge in [0.1, 0.15) is 0 Å². The Labute approximate surface area is 135 Å². The van der Waals surface area contributed by atoms with E-state index in [1.807, 2.05) is 42.3 Å². The van der Waals surface area contributed by atoms with Crippen molar-refractivity contribution in [2.24, 2.45) is 5.73 Å². The lowest BCUT2D eigenvalue weighted by Gasteiger charge is -2.39. The molecule has 1 aromatic rings. The molecule has 0 unspecified atom stereocenters. The molecular weight excluding hydrogens is 302 g/mol. The van der Waals surface area contributed by atoms with Crippen LogP contribution in [0.3, 0.4) is 0 Å². The Hall–Kier alpha value is -1.27. The summed E-state index contributed by atoms with van der Waals surface area (Å²) in [4.78, 5) is 14.6. The van der Waals surface area contributed by atoms with Crippen LogP contribution in [0, 0.1) is 6.92 Å². The Kier molecular flexibility index (Phi) is 5.11. The number of urea groups is 1. The predicted octanol–water partition coefficient (Wildman–Crippen LogP) is 3.01. The lowest BCUT2D eigenvalue weighted by Crippen LogP contribution is -2.51. The van der Waals surface area contributed by atoms with Gasteiger partial charge in [0.25, 0.3) is 0 Å². The van der Waals surface area contributed by atoms with E-state index in [0.717, 1.165) is 18.5 Å². The summed E-state index contributed by atoms with van der Waals surface area (Å²) >= 11 is 6.88. The van der Waals surface area contributed by atoms with Crippen LogP contribution >= 0.6 is 24.0 Å². The van der Waals surface area contributed by atoms with Crippen LogP contribution in [0.1, 0.15) is 18.4 Å². The van der Waals surface area contributed by atoms with Crippen molar-refractivity contribution < 1.29 is 4.79 Å². The molecule has 0 aliphatic carbocycles. The van der Waals surface area contributed by atoms with E-state index >= 15 is 0 Å². The number of likely N-dealkylation sites (tertiary alicyclic amines) is 1. The number of hydrogen-bond donors (Lipinski definition) is 2. The van der Waals surface area contributed by atoms with E-state index in [4.69, 9.17) is 18.0 Å². The van der Waals surface area contributed by atoms with Crippen molar-refractivity contribution >= 4 is 40.7 Å². The number of thioether (sulfide) groups is 1. The highest BCUT2D eigenvalue weighted by Crippen LogP contribution is 2.35. The highest BCUT2D eigenvalue weighted by Gasteiger charge is 2.37. The number of carbonyl (C=O) groups excluding carboxylic acids is 1. The summed E-state index contributed by atoms with van der Waals surface area (Å²) in [5.74, 6) is 0. The highest BCUT2D eigenvalue weighted by molar-refractivity contribution is 8.02. The number of nitrogens with two attached hydrogens (primary N) is 1. The van der Waals surface area contributed by atoms with Gasteiger partial charge in [-0.1, -0.05) is 29.9 Å². The fourth-order valence-corrected chi connectivity index (χ4v) is 3.71. The second-order valence-corrected chi connectivity index (χ2v) is 6.98. The normalized spacial score (nSPS) is 17.3. The first-order valence-electron chi connectivity index (χ1n) is 6.94. The van der Waals surface area contributed by atoms with Crippen molar-refractivity contribution in [3.8, 4) is 0 Å². The number of nitrogens with one attached hydrogen (secondary N) is 1. The zero-order chi connectivity index (χ0) is 15.5. The van der Waals surface area contributed by atoms with Gasteiger partial charge in [0, 0.05) is 18.8 Å². The van der Waals surface area contributed by atoms with E-state index in [-0.39, 0.29) is 10.8 Å². The third kappa shape index (κ3) is 3.68. The SMILES string of the molecule is CSC1(C(N)=S)CCN(C(=O)Nc2ccc(C)cc2)CC1. The Morgan fingerprint density at radius 1 is 1.33 bits per heavy atom. The van der Waals surface area contributed by atoms with Crippen LogP contribution in [0.25, 0.3) is 0 Å². The first kappa shape index (κ1) is 16.1. The van der Waals surface area contributed by atoms with Gasteiger partial charge in [0.2, 0.25) is 0 Å². The molecule has 6 heteroatoms. The van der Waals surface area contributed by atoms with Gasteiger partial charge in [-0.2, -0.15) is 11.8 Å². The van der Waals surface area contributed by atoms with E-state index in [1.54, 1.807) is 11.8 Å². The molecule has 0 saturated carbocycles. The molecule has 1 heterocycles. The van der Waals surface area contributed by atoms with E-state index in [1.165, 1.54) is 5.56 Å². The number of aryl methyl sites for hydroxylation is 1.